The molecule has 22 heavy (non-hydrogen) atoms. The van der Waals surface area contributed by atoms with E-state index in [1.807, 2.05) is 17.0 Å². The van der Waals surface area contributed by atoms with Crippen LogP contribution in [0, 0.1) is 0 Å². The Morgan fingerprint density at radius 1 is 1.41 bits per heavy atom. The van der Waals surface area contributed by atoms with Crippen LogP contribution in [0.15, 0.2) is 35.2 Å². The van der Waals surface area contributed by atoms with Crippen molar-refractivity contribution in [2.24, 2.45) is 0 Å². The normalized spacial score (nSPS) is 15.8. The summed E-state index contributed by atoms with van der Waals surface area (Å²) in [6, 6.07) is 6.07. The molecule has 3 rings (SSSR count). The summed E-state index contributed by atoms with van der Waals surface area (Å²) in [5.74, 6) is 0.790. The minimum absolute atomic E-state index is 0.0934. The highest BCUT2D eigenvalue weighted by atomic mass is 32.1. The highest BCUT2D eigenvalue weighted by Crippen LogP contribution is 2.19. The van der Waals surface area contributed by atoms with Crippen molar-refractivity contribution in [2.45, 2.75) is 32.2 Å². The van der Waals surface area contributed by atoms with Gasteiger partial charge in [-0.2, -0.15) is 11.3 Å². The lowest BCUT2D eigenvalue weighted by atomic mass is 10.1. The van der Waals surface area contributed by atoms with Crippen molar-refractivity contribution in [1.29, 1.82) is 0 Å². The fraction of sp³-hybridized carbons (Fsp3) is 0.412. The maximum Gasteiger partial charge on any atom is 0.257 e. The Morgan fingerprint density at radius 3 is 2.95 bits per heavy atom. The smallest absolute Gasteiger partial charge is 0.257 e. The zero-order valence-electron chi connectivity index (χ0n) is 12.8. The summed E-state index contributed by atoms with van der Waals surface area (Å²) in [6.45, 7) is 3.84. The van der Waals surface area contributed by atoms with Gasteiger partial charge in [-0.05, 0) is 60.7 Å². The van der Waals surface area contributed by atoms with Crippen molar-refractivity contribution in [3.05, 3.63) is 46.3 Å². The number of anilines is 1. The molecule has 0 bridgehead atoms. The molecule has 4 nitrogen and oxygen atoms in total. The molecular formula is C17H21N3OS. The predicted octanol–water partition coefficient (Wildman–Crippen LogP) is 3.42. The second kappa shape index (κ2) is 6.92. The van der Waals surface area contributed by atoms with Crippen LogP contribution in [-0.4, -0.2) is 34.9 Å². The Balaban J connectivity index is 1.71. The van der Waals surface area contributed by atoms with E-state index in [9.17, 15) is 4.79 Å². The van der Waals surface area contributed by atoms with Crippen molar-refractivity contribution in [1.82, 2.24) is 9.88 Å². The maximum atomic E-state index is 12.6. The Labute approximate surface area is 135 Å². The van der Waals surface area contributed by atoms with E-state index in [1.165, 1.54) is 5.56 Å². The summed E-state index contributed by atoms with van der Waals surface area (Å²) in [4.78, 5) is 18.9. The minimum Gasteiger partial charge on any atom is -0.367 e. The number of nitrogens with zero attached hydrogens (tertiary/aromatic N) is 2. The fourth-order valence-electron chi connectivity index (χ4n) is 2.83. The lowest BCUT2D eigenvalue weighted by molar-refractivity contribution is 0.0793. The van der Waals surface area contributed by atoms with Crippen molar-refractivity contribution in [3.8, 4) is 0 Å². The molecule has 1 amide bonds. The first-order chi connectivity index (χ1) is 10.7. The average molecular weight is 315 g/mol. The number of carbonyl (C=O) groups is 1. The number of hydrogen-bond acceptors (Lipinski definition) is 4. The summed E-state index contributed by atoms with van der Waals surface area (Å²) in [7, 11) is 0. The third-order valence-corrected chi connectivity index (χ3v) is 4.67. The van der Waals surface area contributed by atoms with E-state index in [0.717, 1.165) is 32.4 Å². The standard InChI is InChI=1S/C17H21N3OS/c1-13(11-14-6-10-22-12-14)19-16-15(5-4-7-18-16)17(21)20-8-2-3-9-20/h4-7,10,12-13H,2-3,8-9,11H2,1H3,(H,18,19). The minimum atomic E-state index is 0.0934. The van der Waals surface area contributed by atoms with Crippen molar-refractivity contribution in [3.63, 3.8) is 0 Å². The van der Waals surface area contributed by atoms with Gasteiger partial charge in [0.25, 0.3) is 5.91 Å². The zero-order valence-corrected chi connectivity index (χ0v) is 13.6. The highest BCUT2D eigenvalue weighted by molar-refractivity contribution is 7.07. The Kier molecular flexibility index (Phi) is 4.73. The fourth-order valence-corrected chi connectivity index (χ4v) is 3.51. The number of thiophene rings is 1. The monoisotopic (exact) mass is 315 g/mol. The second-order valence-electron chi connectivity index (χ2n) is 5.78. The van der Waals surface area contributed by atoms with E-state index in [4.69, 9.17) is 0 Å². The lowest BCUT2D eigenvalue weighted by Gasteiger charge is -2.20. The van der Waals surface area contributed by atoms with Gasteiger partial charge >= 0.3 is 0 Å². The number of likely N-dealkylation sites (tertiary alicyclic amines) is 1. The molecule has 116 valence electrons. The summed E-state index contributed by atoms with van der Waals surface area (Å²) in [5, 5.41) is 7.65. The number of pyridine rings is 1. The number of rotatable bonds is 5. The van der Waals surface area contributed by atoms with Crippen molar-refractivity contribution >= 4 is 23.1 Å². The predicted molar refractivity (Wildman–Crippen MR) is 90.5 cm³/mol. The van der Waals surface area contributed by atoms with E-state index in [0.29, 0.717) is 11.4 Å². The Morgan fingerprint density at radius 2 is 2.23 bits per heavy atom. The molecule has 2 aromatic rings. The van der Waals surface area contributed by atoms with E-state index in [1.54, 1.807) is 17.5 Å². The van der Waals surface area contributed by atoms with E-state index in [2.05, 4.69) is 34.1 Å². The van der Waals surface area contributed by atoms with E-state index in [-0.39, 0.29) is 11.9 Å². The van der Waals surface area contributed by atoms with E-state index >= 15 is 0 Å². The van der Waals surface area contributed by atoms with Crippen LogP contribution in [0.5, 0.6) is 0 Å². The zero-order chi connectivity index (χ0) is 15.4. The first-order valence-corrected chi connectivity index (χ1v) is 8.70. The van der Waals surface area contributed by atoms with Crippen LogP contribution in [0.1, 0.15) is 35.7 Å². The molecule has 3 heterocycles. The molecule has 1 unspecified atom stereocenters. The van der Waals surface area contributed by atoms with Gasteiger partial charge in [0, 0.05) is 25.3 Å². The third-order valence-electron chi connectivity index (χ3n) is 3.94. The molecule has 1 fully saturated rings. The van der Waals surface area contributed by atoms with Gasteiger partial charge < -0.3 is 10.2 Å². The van der Waals surface area contributed by atoms with Crippen LogP contribution >= 0.6 is 11.3 Å². The number of carbonyl (C=O) groups excluding carboxylic acids is 1. The summed E-state index contributed by atoms with van der Waals surface area (Å²) >= 11 is 1.71. The molecule has 0 spiro atoms. The Hall–Kier alpha value is -1.88. The van der Waals surface area contributed by atoms with Gasteiger partial charge in [-0.25, -0.2) is 4.98 Å². The van der Waals surface area contributed by atoms with E-state index < -0.39 is 0 Å². The molecule has 1 aliphatic rings. The Bertz CT molecular complexity index is 621. The molecule has 1 saturated heterocycles. The summed E-state index contributed by atoms with van der Waals surface area (Å²) in [6.07, 6.45) is 4.87. The largest absolute Gasteiger partial charge is 0.367 e. The summed E-state index contributed by atoms with van der Waals surface area (Å²) < 4.78 is 0. The average Bonchev–Trinajstić information content (AvgIpc) is 3.20. The van der Waals surface area contributed by atoms with Crippen LogP contribution in [0.25, 0.3) is 0 Å². The molecule has 0 radical (unpaired) electrons. The molecule has 2 aromatic heterocycles. The van der Waals surface area contributed by atoms with Crippen molar-refractivity contribution in [2.75, 3.05) is 18.4 Å². The van der Waals surface area contributed by atoms with Gasteiger partial charge in [-0.3, -0.25) is 4.79 Å². The lowest BCUT2D eigenvalue weighted by Crippen LogP contribution is -2.29. The van der Waals surface area contributed by atoms with Gasteiger partial charge in [0.1, 0.15) is 5.82 Å². The number of aromatic nitrogens is 1. The molecular weight excluding hydrogens is 294 g/mol. The van der Waals surface area contributed by atoms with Crippen LogP contribution in [0.3, 0.4) is 0 Å². The summed E-state index contributed by atoms with van der Waals surface area (Å²) in [5.41, 5.74) is 2.00. The van der Waals surface area contributed by atoms with Crippen LogP contribution in [-0.2, 0) is 6.42 Å². The number of amides is 1. The van der Waals surface area contributed by atoms with Gasteiger partial charge in [0.2, 0.25) is 0 Å². The first kappa shape index (κ1) is 15.0. The molecule has 0 aliphatic carbocycles. The molecule has 1 atom stereocenters. The van der Waals surface area contributed by atoms with Crippen LogP contribution < -0.4 is 5.32 Å². The first-order valence-electron chi connectivity index (χ1n) is 7.76. The highest BCUT2D eigenvalue weighted by Gasteiger charge is 2.22. The van der Waals surface area contributed by atoms with Crippen LogP contribution in [0.4, 0.5) is 5.82 Å². The molecule has 5 heteroatoms. The SMILES string of the molecule is CC(Cc1ccsc1)Nc1ncccc1C(=O)N1CCCC1. The molecule has 0 saturated carbocycles. The van der Waals surface area contributed by atoms with Gasteiger partial charge in [0.05, 0.1) is 5.56 Å². The molecule has 0 aromatic carbocycles. The quantitative estimate of drug-likeness (QED) is 0.919. The molecule has 1 aliphatic heterocycles. The van der Waals surface area contributed by atoms with Gasteiger partial charge in [0.15, 0.2) is 0 Å². The topological polar surface area (TPSA) is 45.2 Å². The van der Waals surface area contributed by atoms with Gasteiger partial charge in [-0.15, -0.1) is 0 Å². The molecule has 1 N–H and O–H groups in total. The van der Waals surface area contributed by atoms with Crippen molar-refractivity contribution < 1.29 is 4.79 Å². The van der Waals surface area contributed by atoms with Crippen LogP contribution in [0.2, 0.25) is 0 Å². The number of hydrogen-bond donors (Lipinski definition) is 1. The number of nitrogens with one attached hydrogen (secondary N) is 1. The van der Waals surface area contributed by atoms with Gasteiger partial charge in [-0.1, -0.05) is 0 Å². The third kappa shape index (κ3) is 3.47. The maximum absolute atomic E-state index is 12.6. The second-order valence-corrected chi connectivity index (χ2v) is 6.56.